The van der Waals surface area contributed by atoms with Crippen LogP contribution >= 0.6 is 0 Å². The third kappa shape index (κ3) is 15.5. The van der Waals surface area contributed by atoms with E-state index in [-0.39, 0.29) is 114 Å². The van der Waals surface area contributed by atoms with Gasteiger partial charge in [0.25, 0.3) is 0 Å². The molecular weight excluding hydrogens is 647 g/mol. The van der Waals surface area contributed by atoms with Crippen LogP contribution in [0.3, 0.4) is 0 Å². The molecule has 2 fully saturated rings. The molecule has 6 N–H and O–H groups in total. The molecule has 0 saturated carbocycles. The van der Waals surface area contributed by atoms with Crippen LogP contribution in [-0.2, 0) is 45.8 Å². The summed E-state index contributed by atoms with van der Waals surface area (Å²) in [4.78, 5) is 80.3. The number of rotatable bonds is 14. The van der Waals surface area contributed by atoms with Crippen molar-refractivity contribution in [1.82, 2.24) is 29.8 Å². The fourth-order valence-corrected chi connectivity index (χ4v) is 5.37. The first-order chi connectivity index (χ1) is 20.7. The molecule has 0 aromatic rings. The van der Waals surface area contributed by atoms with Gasteiger partial charge in [0.15, 0.2) is 0 Å². The largest absolute Gasteiger partial charge is 0.480 e. The molecule has 2 amide bonds. The number of amides is 2. The maximum atomic E-state index is 12.9. The zero-order valence-electron chi connectivity index (χ0n) is 25.5. The van der Waals surface area contributed by atoms with Crippen LogP contribution in [0.5, 0.6) is 0 Å². The maximum absolute atomic E-state index is 12.9. The van der Waals surface area contributed by atoms with Crippen LogP contribution in [-0.4, -0.2) is 190 Å². The number of carbonyl (C=O) groups is 6. The molecule has 0 spiro atoms. The molecule has 2 rings (SSSR count). The van der Waals surface area contributed by atoms with Gasteiger partial charge in [-0.25, -0.2) is 0 Å². The van der Waals surface area contributed by atoms with Crippen LogP contribution in [0.1, 0.15) is 32.6 Å². The molecule has 45 heavy (non-hydrogen) atoms. The van der Waals surface area contributed by atoms with E-state index in [9.17, 15) is 54.1 Å². The van der Waals surface area contributed by atoms with Gasteiger partial charge in [-0.05, 0) is 19.8 Å². The van der Waals surface area contributed by atoms with Crippen molar-refractivity contribution in [2.24, 2.45) is 0 Å². The van der Waals surface area contributed by atoms with Gasteiger partial charge >= 0.3 is 25.0 Å². The van der Waals surface area contributed by atoms with Crippen LogP contribution < -0.4 is 5.32 Å². The van der Waals surface area contributed by atoms with Gasteiger partial charge in [0.1, 0.15) is 11.8 Å². The third-order valence-corrected chi connectivity index (χ3v) is 7.71. The number of hydrogen-bond acceptors (Lipinski definition) is 12. The van der Waals surface area contributed by atoms with Crippen LogP contribution in [0.2, 0.25) is 0 Å². The molecule has 2 atom stereocenters. The molecule has 17 nitrogen and oxygen atoms in total. The van der Waals surface area contributed by atoms with Crippen molar-refractivity contribution < 1.29 is 71.2 Å². The summed E-state index contributed by atoms with van der Waals surface area (Å²) >= 11 is 0. The average Bonchev–Trinajstić information content (AvgIpc) is 3.42. The average molecular weight is 692 g/mol. The van der Waals surface area contributed by atoms with Crippen molar-refractivity contribution >= 4 is 42.6 Å². The molecule has 0 aromatic heterocycles. The summed E-state index contributed by atoms with van der Waals surface area (Å²) in [6, 6.07) is -0.918. The quantitative estimate of drug-likeness (QED) is 0.0964. The predicted molar refractivity (Wildman–Crippen MR) is 155 cm³/mol. The molecule has 2 saturated heterocycles. The second-order valence-electron chi connectivity index (χ2n) is 11.3. The Morgan fingerprint density at radius 3 is 1.47 bits per heavy atom. The normalized spacial score (nSPS) is 20.2. The number of carboxylic acids is 3. The number of hydrogen-bond donors (Lipinski definition) is 6. The number of likely N-dealkylation sites (tertiary alicyclic amines) is 1. The van der Waals surface area contributed by atoms with E-state index in [1.165, 1.54) is 11.8 Å². The smallest absolute Gasteiger partial charge is 0.475 e. The first-order valence-electron chi connectivity index (χ1n) is 14.8. The van der Waals surface area contributed by atoms with Gasteiger partial charge in [-0.3, -0.25) is 48.4 Å². The summed E-state index contributed by atoms with van der Waals surface area (Å²) in [6.45, 7) is 3.08. The molecule has 0 bridgehead atoms. The molecular formula is C26H45BCuN6O11. The van der Waals surface area contributed by atoms with Crippen LogP contribution in [0.25, 0.3) is 0 Å². The number of carboxylic acid groups (broad SMARTS) is 3. The number of Topliss-reactive ketones (excluding diaryl/α,β-unsaturated/α-hetero) is 1. The Morgan fingerprint density at radius 1 is 0.689 bits per heavy atom. The van der Waals surface area contributed by atoms with Crippen molar-refractivity contribution in [3.63, 3.8) is 0 Å². The van der Waals surface area contributed by atoms with Gasteiger partial charge in [-0.1, -0.05) is 0 Å². The zero-order valence-corrected chi connectivity index (χ0v) is 26.4. The molecule has 0 aromatic carbocycles. The third-order valence-electron chi connectivity index (χ3n) is 7.71. The van der Waals surface area contributed by atoms with Crippen molar-refractivity contribution in [2.45, 2.75) is 44.6 Å². The molecule has 0 aliphatic carbocycles. The Morgan fingerprint density at radius 2 is 1.09 bits per heavy atom. The Kier molecular flexibility index (Phi) is 18.4. The van der Waals surface area contributed by atoms with E-state index in [0.717, 1.165) is 0 Å². The molecule has 2 aliphatic rings. The summed E-state index contributed by atoms with van der Waals surface area (Å²) in [5.74, 6) is -5.11. The van der Waals surface area contributed by atoms with E-state index < -0.39 is 48.8 Å². The minimum absolute atomic E-state index is 0. The Bertz CT molecular complexity index is 994. The molecule has 259 valence electrons. The fraction of sp³-hybridized carbons (Fsp3) is 0.769. The summed E-state index contributed by atoms with van der Waals surface area (Å²) in [7, 11) is -1.67. The van der Waals surface area contributed by atoms with Gasteiger partial charge in [0, 0.05) is 88.8 Å². The van der Waals surface area contributed by atoms with E-state index in [2.05, 4.69) is 5.32 Å². The number of carbonyl (C=O) groups excluding carboxylic acids is 3. The van der Waals surface area contributed by atoms with Crippen LogP contribution in [0.4, 0.5) is 0 Å². The second kappa shape index (κ2) is 20.5. The van der Waals surface area contributed by atoms with Crippen LogP contribution in [0, 0.1) is 0 Å². The summed E-state index contributed by atoms with van der Waals surface area (Å²) < 4.78 is 0. The van der Waals surface area contributed by atoms with Crippen molar-refractivity contribution in [1.29, 1.82) is 0 Å². The van der Waals surface area contributed by atoms with Gasteiger partial charge in [0.05, 0.1) is 32.1 Å². The van der Waals surface area contributed by atoms with Crippen molar-refractivity contribution in [3.05, 3.63) is 0 Å². The Labute approximate surface area is 273 Å². The van der Waals surface area contributed by atoms with E-state index in [1.54, 1.807) is 19.6 Å². The number of nitrogens with one attached hydrogen (secondary N) is 1. The summed E-state index contributed by atoms with van der Waals surface area (Å²) in [5.41, 5.74) is 0. The fourth-order valence-electron chi connectivity index (χ4n) is 5.37. The van der Waals surface area contributed by atoms with Crippen molar-refractivity contribution in [3.8, 4) is 0 Å². The van der Waals surface area contributed by atoms with Crippen LogP contribution in [0.15, 0.2) is 0 Å². The monoisotopic (exact) mass is 691 g/mol. The van der Waals surface area contributed by atoms with E-state index in [1.807, 2.05) is 0 Å². The summed E-state index contributed by atoms with van der Waals surface area (Å²) in [6.07, 6.45) is 0.768. The zero-order chi connectivity index (χ0) is 32.8. The second-order valence-corrected chi connectivity index (χ2v) is 11.3. The topological polar surface area (TPSA) is 232 Å². The van der Waals surface area contributed by atoms with Gasteiger partial charge in [-0.2, -0.15) is 0 Å². The first-order valence-corrected chi connectivity index (χ1v) is 14.8. The number of ketones is 1. The molecule has 2 aliphatic heterocycles. The molecule has 19 heteroatoms. The predicted octanol–water partition coefficient (Wildman–Crippen LogP) is -3.68. The number of nitrogens with zero attached hydrogens (tertiary/aromatic N) is 5. The first kappa shape index (κ1) is 40.4. The van der Waals surface area contributed by atoms with Gasteiger partial charge in [-0.15, -0.1) is 0 Å². The minimum atomic E-state index is -1.67. The van der Waals surface area contributed by atoms with Gasteiger partial charge in [0.2, 0.25) is 11.8 Å². The van der Waals surface area contributed by atoms with E-state index in [4.69, 9.17) is 0 Å². The molecule has 2 heterocycles. The SMILES string of the molecule is C[C@@H](NC(=O)CCC(=O)CN1CCN(CC(=O)O)CCN(CC(=O)O)CCN(CC(=O)O)CC1)C(=O)N1CCC[C@H]1B(O)O.[Cu]. The standard InChI is InChI=1S/C26H45BN6O11.Cu/c1-19(26(42)33-6-2-3-21(33)27(43)44)28-22(35)5-4-20(34)15-29-7-9-30(16-23(36)37)11-13-32(18-25(40)41)14-12-31(10-8-29)17-24(38)39;/h19,21,43-44H,2-18H2,1H3,(H,28,35)(H,36,37)(H,38,39)(H,40,41);/t19-,21+;/m1./s1. The Hall–Kier alpha value is -2.64. The molecule has 0 unspecified atom stereocenters. The summed E-state index contributed by atoms with van der Waals surface area (Å²) in [5, 5.41) is 49.5. The number of aliphatic carboxylic acids is 3. The maximum Gasteiger partial charge on any atom is 0.475 e. The van der Waals surface area contributed by atoms with Gasteiger partial charge < -0.3 is 35.6 Å². The van der Waals surface area contributed by atoms with E-state index >= 15 is 0 Å². The van der Waals surface area contributed by atoms with Crippen molar-refractivity contribution in [2.75, 3.05) is 85.1 Å². The Balaban J connectivity index is 0.0000101. The van der Waals surface area contributed by atoms with E-state index in [0.29, 0.717) is 19.4 Å². The minimum Gasteiger partial charge on any atom is -0.480 e. The molecule has 1 radical (unpaired) electrons.